The summed E-state index contributed by atoms with van der Waals surface area (Å²) in [5.41, 5.74) is 6.08. The van der Waals surface area contributed by atoms with Crippen molar-refractivity contribution in [3.05, 3.63) is 29.8 Å². The lowest BCUT2D eigenvalue weighted by molar-refractivity contribution is -0.144. The molecule has 5 heteroatoms. The van der Waals surface area contributed by atoms with Crippen molar-refractivity contribution < 1.29 is 19.1 Å². The highest BCUT2D eigenvalue weighted by Gasteiger charge is 2.04. The molecular weight excluding hydrogens is 234 g/mol. The predicted octanol–water partition coefficient (Wildman–Crippen LogP) is 1.39. The Balaban J connectivity index is 2.47. The molecule has 0 heterocycles. The molecule has 5 nitrogen and oxygen atoms in total. The van der Waals surface area contributed by atoms with Crippen LogP contribution >= 0.6 is 0 Å². The predicted molar refractivity (Wildman–Crippen MR) is 65.8 cm³/mol. The fourth-order valence-corrected chi connectivity index (χ4v) is 1.22. The lowest BCUT2D eigenvalue weighted by Crippen LogP contribution is -2.13. The maximum atomic E-state index is 11.2. The van der Waals surface area contributed by atoms with E-state index in [0.29, 0.717) is 12.2 Å². The number of nitrogens with two attached hydrogens (primary N) is 1. The van der Waals surface area contributed by atoms with Gasteiger partial charge in [-0.05, 0) is 17.7 Å². The zero-order valence-corrected chi connectivity index (χ0v) is 10.3. The summed E-state index contributed by atoms with van der Waals surface area (Å²) in [5.74, 6) is -0.143. The molecule has 2 N–H and O–H groups in total. The molecule has 0 radical (unpaired) electrons. The van der Waals surface area contributed by atoms with Crippen LogP contribution in [0.5, 0.6) is 5.75 Å². The molecule has 0 bridgehead atoms. The Kier molecular flexibility index (Phi) is 5.87. The molecule has 0 aliphatic carbocycles. The van der Waals surface area contributed by atoms with Gasteiger partial charge in [-0.2, -0.15) is 0 Å². The van der Waals surface area contributed by atoms with E-state index in [9.17, 15) is 9.59 Å². The molecule has 0 saturated carbocycles. The number of benzene rings is 1. The minimum Gasteiger partial charge on any atom is -0.461 e. The van der Waals surface area contributed by atoms with Crippen LogP contribution in [0, 0.1) is 0 Å². The molecule has 1 rings (SSSR count). The van der Waals surface area contributed by atoms with E-state index in [4.69, 9.17) is 15.2 Å². The van der Waals surface area contributed by atoms with Crippen LogP contribution in [0.2, 0.25) is 0 Å². The van der Waals surface area contributed by atoms with Crippen LogP contribution in [0.15, 0.2) is 24.3 Å². The van der Waals surface area contributed by atoms with E-state index in [1.165, 1.54) is 0 Å². The largest absolute Gasteiger partial charge is 0.461 e. The van der Waals surface area contributed by atoms with Gasteiger partial charge in [0.05, 0.1) is 6.42 Å². The van der Waals surface area contributed by atoms with E-state index in [1.807, 2.05) is 0 Å². The van der Waals surface area contributed by atoms with E-state index in [2.05, 4.69) is 0 Å². The number of rotatable bonds is 6. The first-order valence-corrected chi connectivity index (χ1v) is 5.81. The van der Waals surface area contributed by atoms with Gasteiger partial charge >= 0.3 is 11.9 Å². The Hall–Kier alpha value is -1.88. The highest BCUT2D eigenvalue weighted by atomic mass is 16.5. The second kappa shape index (κ2) is 7.45. The number of carbonyl (C=O) groups is 2. The zero-order chi connectivity index (χ0) is 13.4. The van der Waals surface area contributed by atoms with Gasteiger partial charge in [0.15, 0.2) is 0 Å². The van der Waals surface area contributed by atoms with Crippen LogP contribution in [0.1, 0.15) is 25.3 Å². The van der Waals surface area contributed by atoms with E-state index in [1.54, 1.807) is 31.2 Å². The fourth-order valence-electron chi connectivity index (χ4n) is 1.22. The standard InChI is InChI=1S/C13H17NO4/c1-2-12(15)17-9-10-3-5-11(6-4-10)18-13(16)7-8-14/h3-6H,2,7-9,14H2,1H3. The highest BCUT2D eigenvalue weighted by Crippen LogP contribution is 2.13. The Morgan fingerprint density at radius 2 is 1.83 bits per heavy atom. The molecule has 0 amide bonds. The van der Waals surface area contributed by atoms with Crippen LogP contribution < -0.4 is 10.5 Å². The summed E-state index contributed by atoms with van der Waals surface area (Å²) >= 11 is 0. The average molecular weight is 251 g/mol. The maximum Gasteiger partial charge on any atom is 0.312 e. The zero-order valence-electron chi connectivity index (χ0n) is 10.3. The Morgan fingerprint density at radius 3 is 2.39 bits per heavy atom. The van der Waals surface area contributed by atoms with Crippen molar-refractivity contribution in [3.63, 3.8) is 0 Å². The normalized spacial score (nSPS) is 9.89. The van der Waals surface area contributed by atoms with Gasteiger partial charge in [0.2, 0.25) is 0 Å². The van der Waals surface area contributed by atoms with Crippen LogP contribution in [-0.2, 0) is 20.9 Å². The molecule has 1 aromatic carbocycles. The van der Waals surface area contributed by atoms with Crippen molar-refractivity contribution in [3.8, 4) is 5.75 Å². The molecule has 0 aliphatic heterocycles. The fraction of sp³-hybridized carbons (Fsp3) is 0.385. The van der Waals surface area contributed by atoms with E-state index in [-0.39, 0.29) is 31.5 Å². The number of hydrogen-bond acceptors (Lipinski definition) is 5. The van der Waals surface area contributed by atoms with Crippen molar-refractivity contribution in [2.75, 3.05) is 6.54 Å². The number of esters is 2. The van der Waals surface area contributed by atoms with Crippen LogP contribution in [0.4, 0.5) is 0 Å². The molecule has 1 aromatic rings. The summed E-state index contributed by atoms with van der Waals surface area (Å²) in [7, 11) is 0. The second-order valence-electron chi connectivity index (χ2n) is 3.67. The summed E-state index contributed by atoms with van der Waals surface area (Å²) in [4.78, 5) is 22.1. The summed E-state index contributed by atoms with van der Waals surface area (Å²) in [6, 6.07) is 6.80. The Labute approximate surface area is 106 Å². The van der Waals surface area contributed by atoms with Gasteiger partial charge in [-0.25, -0.2) is 0 Å². The van der Waals surface area contributed by atoms with Gasteiger partial charge in [-0.1, -0.05) is 19.1 Å². The minimum absolute atomic E-state index is 0.190. The van der Waals surface area contributed by atoms with E-state index in [0.717, 1.165) is 5.56 Å². The van der Waals surface area contributed by atoms with Gasteiger partial charge < -0.3 is 15.2 Å². The van der Waals surface area contributed by atoms with Crippen molar-refractivity contribution in [2.24, 2.45) is 5.73 Å². The quantitative estimate of drug-likeness (QED) is 0.610. The maximum absolute atomic E-state index is 11.2. The smallest absolute Gasteiger partial charge is 0.312 e. The first-order chi connectivity index (χ1) is 8.65. The third kappa shape index (κ3) is 4.97. The molecule has 18 heavy (non-hydrogen) atoms. The molecule has 0 aliphatic rings. The average Bonchev–Trinajstić information content (AvgIpc) is 2.37. The summed E-state index contributed by atoms with van der Waals surface area (Å²) in [6.07, 6.45) is 0.546. The third-order valence-corrected chi connectivity index (χ3v) is 2.19. The second-order valence-corrected chi connectivity index (χ2v) is 3.67. The van der Waals surface area contributed by atoms with E-state index < -0.39 is 0 Å². The van der Waals surface area contributed by atoms with Gasteiger partial charge in [0.25, 0.3) is 0 Å². The van der Waals surface area contributed by atoms with E-state index >= 15 is 0 Å². The van der Waals surface area contributed by atoms with Gasteiger partial charge in [-0.3, -0.25) is 9.59 Å². The van der Waals surface area contributed by atoms with Gasteiger partial charge in [0, 0.05) is 13.0 Å². The van der Waals surface area contributed by atoms with Gasteiger partial charge in [-0.15, -0.1) is 0 Å². The molecule has 98 valence electrons. The molecule has 0 unspecified atom stereocenters. The van der Waals surface area contributed by atoms with Gasteiger partial charge in [0.1, 0.15) is 12.4 Å². The van der Waals surface area contributed by atoms with Crippen LogP contribution in [0.25, 0.3) is 0 Å². The number of carbonyl (C=O) groups excluding carboxylic acids is 2. The topological polar surface area (TPSA) is 78.6 Å². The molecular formula is C13H17NO4. The minimum atomic E-state index is -0.359. The number of hydrogen-bond donors (Lipinski definition) is 1. The molecule has 0 fully saturated rings. The third-order valence-electron chi connectivity index (χ3n) is 2.19. The molecule has 0 atom stereocenters. The summed E-state index contributed by atoms with van der Waals surface area (Å²) in [6.45, 7) is 2.23. The monoisotopic (exact) mass is 251 g/mol. The van der Waals surface area contributed by atoms with Crippen molar-refractivity contribution >= 4 is 11.9 Å². The lowest BCUT2D eigenvalue weighted by Gasteiger charge is -2.06. The highest BCUT2D eigenvalue weighted by molar-refractivity contribution is 5.72. The first kappa shape index (κ1) is 14.2. The SMILES string of the molecule is CCC(=O)OCc1ccc(OC(=O)CCN)cc1. The first-order valence-electron chi connectivity index (χ1n) is 5.81. The summed E-state index contributed by atoms with van der Waals surface area (Å²) in [5, 5.41) is 0. The van der Waals surface area contributed by atoms with Crippen LogP contribution in [-0.4, -0.2) is 18.5 Å². The molecule has 0 aromatic heterocycles. The number of ether oxygens (including phenoxy) is 2. The molecule has 0 spiro atoms. The molecule has 0 saturated heterocycles. The Morgan fingerprint density at radius 1 is 1.17 bits per heavy atom. The lowest BCUT2D eigenvalue weighted by atomic mass is 10.2. The van der Waals surface area contributed by atoms with Crippen LogP contribution in [0.3, 0.4) is 0 Å². The Bertz CT molecular complexity index is 400. The summed E-state index contributed by atoms with van der Waals surface area (Å²) < 4.78 is 10.0. The van der Waals surface area contributed by atoms with Crippen molar-refractivity contribution in [1.82, 2.24) is 0 Å². The van der Waals surface area contributed by atoms with Crippen molar-refractivity contribution in [2.45, 2.75) is 26.4 Å². The van der Waals surface area contributed by atoms with Crippen molar-refractivity contribution in [1.29, 1.82) is 0 Å².